The van der Waals surface area contributed by atoms with Crippen molar-refractivity contribution in [2.24, 2.45) is 5.92 Å². The molecule has 0 amide bonds. The first-order chi connectivity index (χ1) is 7.20. The first-order valence-electron chi connectivity index (χ1n) is 5.28. The van der Waals surface area contributed by atoms with Crippen molar-refractivity contribution in [3.63, 3.8) is 0 Å². The van der Waals surface area contributed by atoms with Gasteiger partial charge in [-0.2, -0.15) is 0 Å². The molecule has 0 bridgehead atoms. The van der Waals surface area contributed by atoms with E-state index in [2.05, 4.69) is 33.2 Å². The first-order valence-corrected chi connectivity index (χ1v) is 6.45. The molecule has 2 unspecified atom stereocenters. The second kappa shape index (κ2) is 4.71. The molecule has 1 aromatic heterocycles. The van der Waals surface area contributed by atoms with E-state index < -0.39 is 0 Å². The highest BCUT2D eigenvalue weighted by Gasteiger charge is 2.36. The fraction of sp³-hybridized carbons (Fsp3) is 0.545. The molecule has 2 atom stereocenters. The summed E-state index contributed by atoms with van der Waals surface area (Å²) in [7, 11) is 0. The lowest BCUT2D eigenvalue weighted by molar-refractivity contribution is 0.692. The van der Waals surface area contributed by atoms with Crippen LogP contribution in [-0.4, -0.2) is 11.0 Å². The summed E-state index contributed by atoms with van der Waals surface area (Å²) >= 11 is 9.41. The van der Waals surface area contributed by atoms with Crippen LogP contribution in [0.25, 0.3) is 0 Å². The standard InChI is InChI=1S/C11H14BrClN2/c1-2-3-7-4-10(7)15-11-9(13)5-8(12)6-14-11/h5-7,10H,2-4H2,1H3,(H,14,15). The summed E-state index contributed by atoms with van der Waals surface area (Å²) in [6.07, 6.45) is 5.57. The van der Waals surface area contributed by atoms with E-state index in [0.717, 1.165) is 16.2 Å². The summed E-state index contributed by atoms with van der Waals surface area (Å²) in [5.41, 5.74) is 0. The summed E-state index contributed by atoms with van der Waals surface area (Å²) in [6.45, 7) is 2.22. The van der Waals surface area contributed by atoms with Gasteiger partial charge in [-0.25, -0.2) is 4.98 Å². The normalized spacial score (nSPS) is 23.9. The number of aromatic nitrogens is 1. The molecule has 0 aromatic carbocycles. The van der Waals surface area contributed by atoms with E-state index in [9.17, 15) is 0 Å². The van der Waals surface area contributed by atoms with Crippen LogP contribution in [0.2, 0.25) is 5.02 Å². The lowest BCUT2D eigenvalue weighted by Crippen LogP contribution is -2.06. The highest BCUT2D eigenvalue weighted by Crippen LogP contribution is 2.38. The number of pyridine rings is 1. The first kappa shape index (κ1) is 11.2. The molecule has 1 fully saturated rings. The number of halogens is 2. The fourth-order valence-corrected chi connectivity index (χ4v) is 2.49. The predicted octanol–water partition coefficient (Wildman–Crippen LogP) is 4.10. The summed E-state index contributed by atoms with van der Waals surface area (Å²) in [4.78, 5) is 4.26. The highest BCUT2D eigenvalue weighted by atomic mass is 79.9. The molecular formula is C11H14BrClN2. The Morgan fingerprint density at radius 3 is 3.13 bits per heavy atom. The minimum atomic E-state index is 0.580. The zero-order chi connectivity index (χ0) is 10.8. The number of rotatable bonds is 4. The zero-order valence-corrected chi connectivity index (χ0v) is 11.0. The van der Waals surface area contributed by atoms with Crippen molar-refractivity contribution >= 4 is 33.3 Å². The van der Waals surface area contributed by atoms with E-state index in [4.69, 9.17) is 11.6 Å². The van der Waals surface area contributed by atoms with Crippen molar-refractivity contribution in [1.29, 1.82) is 0 Å². The Morgan fingerprint density at radius 1 is 1.67 bits per heavy atom. The molecule has 1 saturated carbocycles. The fourth-order valence-electron chi connectivity index (χ4n) is 1.81. The number of hydrogen-bond donors (Lipinski definition) is 1. The molecule has 0 radical (unpaired) electrons. The van der Waals surface area contributed by atoms with Crippen LogP contribution in [-0.2, 0) is 0 Å². The molecule has 0 aliphatic heterocycles. The van der Waals surface area contributed by atoms with Gasteiger partial charge in [0, 0.05) is 16.7 Å². The van der Waals surface area contributed by atoms with E-state index in [1.807, 2.05) is 6.07 Å². The van der Waals surface area contributed by atoms with E-state index in [0.29, 0.717) is 11.1 Å². The highest BCUT2D eigenvalue weighted by molar-refractivity contribution is 9.10. The van der Waals surface area contributed by atoms with Gasteiger partial charge in [0.2, 0.25) is 0 Å². The number of hydrogen-bond acceptors (Lipinski definition) is 2. The van der Waals surface area contributed by atoms with Crippen LogP contribution in [0.3, 0.4) is 0 Å². The van der Waals surface area contributed by atoms with Crippen LogP contribution in [0.15, 0.2) is 16.7 Å². The van der Waals surface area contributed by atoms with Gasteiger partial charge in [0.1, 0.15) is 5.82 Å². The summed E-state index contributed by atoms with van der Waals surface area (Å²) in [5, 5.41) is 4.07. The van der Waals surface area contributed by atoms with Gasteiger partial charge in [0.25, 0.3) is 0 Å². The molecule has 1 aliphatic rings. The number of nitrogens with zero attached hydrogens (tertiary/aromatic N) is 1. The Hall–Kier alpha value is -0.280. The van der Waals surface area contributed by atoms with Crippen LogP contribution in [0, 0.1) is 5.92 Å². The number of anilines is 1. The van der Waals surface area contributed by atoms with Gasteiger partial charge in [0.15, 0.2) is 0 Å². The molecule has 15 heavy (non-hydrogen) atoms. The molecular weight excluding hydrogens is 275 g/mol. The minimum absolute atomic E-state index is 0.580. The van der Waals surface area contributed by atoms with Crippen LogP contribution in [0.4, 0.5) is 5.82 Å². The maximum atomic E-state index is 6.07. The third-order valence-electron chi connectivity index (χ3n) is 2.71. The van der Waals surface area contributed by atoms with Crippen molar-refractivity contribution in [2.75, 3.05) is 5.32 Å². The zero-order valence-electron chi connectivity index (χ0n) is 8.63. The molecule has 1 heterocycles. The quantitative estimate of drug-likeness (QED) is 0.903. The van der Waals surface area contributed by atoms with Gasteiger partial charge in [-0.15, -0.1) is 0 Å². The second-order valence-electron chi connectivity index (χ2n) is 4.02. The largest absolute Gasteiger partial charge is 0.366 e. The van der Waals surface area contributed by atoms with Crippen LogP contribution in [0.5, 0.6) is 0 Å². The Morgan fingerprint density at radius 2 is 2.47 bits per heavy atom. The van der Waals surface area contributed by atoms with E-state index in [1.165, 1.54) is 19.3 Å². The van der Waals surface area contributed by atoms with E-state index >= 15 is 0 Å². The van der Waals surface area contributed by atoms with Gasteiger partial charge in [0.05, 0.1) is 5.02 Å². The van der Waals surface area contributed by atoms with Crippen LogP contribution in [0.1, 0.15) is 26.2 Å². The monoisotopic (exact) mass is 288 g/mol. The van der Waals surface area contributed by atoms with Gasteiger partial charge in [-0.05, 0) is 40.8 Å². The summed E-state index contributed by atoms with van der Waals surface area (Å²) < 4.78 is 0.916. The molecule has 0 saturated heterocycles. The SMILES string of the molecule is CCCC1CC1Nc1ncc(Br)cc1Cl. The lowest BCUT2D eigenvalue weighted by atomic mass is 10.2. The molecule has 2 rings (SSSR count). The number of nitrogens with one attached hydrogen (secondary N) is 1. The van der Waals surface area contributed by atoms with Crippen molar-refractivity contribution in [3.8, 4) is 0 Å². The molecule has 4 heteroatoms. The van der Waals surface area contributed by atoms with Crippen molar-refractivity contribution < 1.29 is 0 Å². The average molecular weight is 290 g/mol. The van der Waals surface area contributed by atoms with Crippen molar-refractivity contribution in [3.05, 3.63) is 21.8 Å². The summed E-state index contributed by atoms with van der Waals surface area (Å²) in [6, 6.07) is 2.45. The average Bonchev–Trinajstić information content (AvgIpc) is 2.90. The molecule has 1 aliphatic carbocycles. The van der Waals surface area contributed by atoms with Crippen LogP contribution >= 0.6 is 27.5 Å². The van der Waals surface area contributed by atoms with Gasteiger partial charge >= 0.3 is 0 Å². The smallest absolute Gasteiger partial charge is 0.145 e. The van der Waals surface area contributed by atoms with E-state index in [-0.39, 0.29) is 0 Å². The van der Waals surface area contributed by atoms with E-state index in [1.54, 1.807) is 6.20 Å². The summed E-state index contributed by atoms with van der Waals surface area (Å²) in [5.74, 6) is 1.62. The Labute approximate surface area is 104 Å². The molecule has 2 nitrogen and oxygen atoms in total. The Bertz CT molecular complexity index is 356. The maximum Gasteiger partial charge on any atom is 0.145 e. The van der Waals surface area contributed by atoms with Gasteiger partial charge in [-0.3, -0.25) is 0 Å². The maximum absolute atomic E-state index is 6.07. The lowest BCUT2D eigenvalue weighted by Gasteiger charge is -2.06. The topological polar surface area (TPSA) is 24.9 Å². The Balaban J connectivity index is 1.95. The van der Waals surface area contributed by atoms with Crippen LogP contribution < -0.4 is 5.32 Å². The van der Waals surface area contributed by atoms with Crippen molar-refractivity contribution in [1.82, 2.24) is 4.98 Å². The molecule has 0 spiro atoms. The molecule has 82 valence electrons. The third kappa shape index (κ3) is 2.85. The Kier molecular flexibility index (Phi) is 3.52. The second-order valence-corrected chi connectivity index (χ2v) is 5.34. The predicted molar refractivity (Wildman–Crippen MR) is 67.4 cm³/mol. The van der Waals surface area contributed by atoms with Gasteiger partial charge in [-0.1, -0.05) is 24.9 Å². The molecule has 1 N–H and O–H groups in total. The van der Waals surface area contributed by atoms with Crippen molar-refractivity contribution in [2.45, 2.75) is 32.2 Å². The third-order valence-corrected chi connectivity index (χ3v) is 3.43. The molecule has 1 aromatic rings. The minimum Gasteiger partial charge on any atom is -0.366 e. The van der Waals surface area contributed by atoms with Gasteiger partial charge < -0.3 is 5.32 Å².